The van der Waals surface area contributed by atoms with Gasteiger partial charge in [-0.3, -0.25) is 0 Å². The van der Waals surface area contributed by atoms with Gasteiger partial charge in [-0.05, 0) is 25.0 Å². The molecular formula is C8H17O2S2-. The average molecular weight is 209 g/mol. The molecule has 0 fully saturated rings. The van der Waals surface area contributed by atoms with Crippen molar-refractivity contribution in [2.45, 2.75) is 26.7 Å². The van der Waals surface area contributed by atoms with Crippen LogP contribution in [0.15, 0.2) is 0 Å². The van der Waals surface area contributed by atoms with E-state index in [0.29, 0.717) is 5.92 Å². The summed E-state index contributed by atoms with van der Waals surface area (Å²) in [6.45, 7) is 3.98. The van der Waals surface area contributed by atoms with E-state index < -0.39 is 5.97 Å². The van der Waals surface area contributed by atoms with Crippen molar-refractivity contribution in [2.75, 3.05) is 11.3 Å². The molecule has 4 heteroatoms. The Morgan fingerprint density at radius 2 is 2.00 bits per heavy atom. The second kappa shape index (κ2) is 11.2. The molecule has 12 heavy (non-hydrogen) atoms. The van der Waals surface area contributed by atoms with E-state index in [4.69, 9.17) is 0 Å². The van der Waals surface area contributed by atoms with Crippen LogP contribution >= 0.6 is 24.4 Å². The fraction of sp³-hybridized carbons (Fsp3) is 0.875. The van der Waals surface area contributed by atoms with Crippen LogP contribution in [0.1, 0.15) is 26.7 Å². The number of hydrogen-bond donors (Lipinski definition) is 1. The van der Waals surface area contributed by atoms with E-state index in [9.17, 15) is 9.90 Å². The Morgan fingerprint density at radius 3 is 2.08 bits per heavy atom. The van der Waals surface area contributed by atoms with Gasteiger partial charge in [0, 0.05) is 11.1 Å². The van der Waals surface area contributed by atoms with E-state index in [-0.39, 0.29) is 6.42 Å². The third-order valence-corrected chi connectivity index (χ3v) is 2.09. The lowest BCUT2D eigenvalue weighted by molar-refractivity contribution is -0.305. The summed E-state index contributed by atoms with van der Waals surface area (Å²) in [7, 11) is 0. The van der Waals surface area contributed by atoms with Crippen molar-refractivity contribution in [3.63, 3.8) is 0 Å². The minimum atomic E-state index is -0.946. The van der Waals surface area contributed by atoms with Crippen LogP contribution in [0.5, 0.6) is 0 Å². The summed E-state index contributed by atoms with van der Waals surface area (Å²) < 4.78 is 0. The van der Waals surface area contributed by atoms with Gasteiger partial charge >= 0.3 is 0 Å². The Hall–Kier alpha value is 0.170. The highest BCUT2D eigenvalue weighted by atomic mass is 32.2. The van der Waals surface area contributed by atoms with E-state index >= 15 is 0 Å². The molecule has 74 valence electrons. The van der Waals surface area contributed by atoms with E-state index in [1.165, 1.54) is 0 Å². The van der Waals surface area contributed by atoms with Crippen LogP contribution in [0.3, 0.4) is 0 Å². The molecule has 0 aliphatic carbocycles. The number of hydrogen-bond acceptors (Lipinski definition) is 4. The summed E-state index contributed by atoms with van der Waals surface area (Å²) in [5.41, 5.74) is 0. The molecule has 0 saturated heterocycles. The van der Waals surface area contributed by atoms with Crippen molar-refractivity contribution in [3.05, 3.63) is 0 Å². The first kappa shape index (κ1) is 14.7. The van der Waals surface area contributed by atoms with Crippen molar-refractivity contribution in [1.29, 1.82) is 0 Å². The fourth-order valence-electron chi connectivity index (χ4n) is 0.407. The van der Waals surface area contributed by atoms with Crippen molar-refractivity contribution in [3.8, 4) is 0 Å². The Morgan fingerprint density at radius 1 is 1.58 bits per heavy atom. The van der Waals surface area contributed by atoms with E-state index in [2.05, 4.69) is 12.6 Å². The zero-order chi connectivity index (χ0) is 9.98. The predicted octanol–water partition coefficient (Wildman–Crippen LogP) is 1.41. The van der Waals surface area contributed by atoms with Gasteiger partial charge < -0.3 is 9.90 Å². The van der Waals surface area contributed by atoms with Crippen LogP contribution in [0, 0.1) is 5.92 Å². The molecule has 0 radical (unpaired) electrons. The summed E-state index contributed by atoms with van der Waals surface area (Å²) in [5, 5.41) is 10.7. The summed E-state index contributed by atoms with van der Waals surface area (Å²) in [5.74, 6) is -0.480. The lowest BCUT2D eigenvalue weighted by Crippen LogP contribution is -2.22. The van der Waals surface area contributed by atoms with Gasteiger partial charge in [-0.2, -0.15) is 24.4 Å². The van der Waals surface area contributed by atoms with E-state index in [1.807, 2.05) is 20.1 Å². The Kier molecular flexibility index (Phi) is 13.7. The molecule has 0 aromatic carbocycles. The molecule has 0 spiro atoms. The minimum absolute atomic E-state index is 0.192. The van der Waals surface area contributed by atoms with Gasteiger partial charge in [0.1, 0.15) is 0 Å². The number of thioether (sulfide) groups is 1. The highest BCUT2D eigenvalue weighted by molar-refractivity contribution is 8.08. The van der Waals surface area contributed by atoms with Gasteiger partial charge in [0.15, 0.2) is 0 Å². The van der Waals surface area contributed by atoms with Crippen molar-refractivity contribution < 1.29 is 9.90 Å². The quantitative estimate of drug-likeness (QED) is 0.562. The van der Waals surface area contributed by atoms with Gasteiger partial charge in [-0.25, -0.2) is 0 Å². The van der Waals surface area contributed by atoms with Crippen molar-refractivity contribution in [2.24, 2.45) is 5.92 Å². The number of aliphatic carboxylic acids is 1. The third kappa shape index (κ3) is 22.5. The molecule has 0 aliphatic rings. The second-order valence-electron chi connectivity index (χ2n) is 2.72. The van der Waals surface area contributed by atoms with Gasteiger partial charge in [0.25, 0.3) is 0 Å². The molecule has 0 aromatic rings. The monoisotopic (exact) mass is 209 g/mol. The summed E-state index contributed by atoms with van der Waals surface area (Å²) >= 11 is 5.60. The van der Waals surface area contributed by atoms with E-state index in [0.717, 1.165) is 11.5 Å². The Labute approximate surface area is 84.5 Å². The topological polar surface area (TPSA) is 40.1 Å². The first-order chi connectivity index (χ1) is 5.54. The van der Waals surface area contributed by atoms with Gasteiger partial charge in [-0.1, -0.05) is 13.8 Å². The second-order valence-corrected chi connectivity index (χ2v) is 4.33. The molecule has 0 aliphatic heterocycles. The molecule has 2 nitrogen and oxygen atoms in total. The first-order valence-electron chi connectivity index (χ1n) is 3.84. The van der Waals surface area contributed by atoms with Gasteiger partial charge in [-0.15, -0.1) is 0 Å². The molecule has 0 unspecified atom stereocenters. The minimum Gasteiger partial charge on any atom is -0.550 e. The zero-order valence-corrected chi connectivity index (χ0v) is 9.58. The summed E-state index contributed by atoms with van der Waals surface area (Å²) in [6, 6.07) is 0. The maximum absolute atomic E-state index is 9.79. The van der Waals surface area contributed by atoms with Crippen LogP contribution in [0.2, 0.25) is 0 Å². The lowest BCUT2D eigenvalue weighted by Gasteiger charge is -2.03. The van der Waals surface area contributed by atoms with Crippen LogP contribution < -0.4 is 5.11 Å². The number of thiol groups is 1. The van der Waals surface area contributed by atoms with Crippen molar-refractivity contribution >= 4 is 30.4 Å². The Bertz CT molecular complexity index is 103. The number of carbonyl (C=O) groups is 1. The number of rotatable bonds is 4. The smallest absolute Gasteiger partial charge is 0.0414 e. The molecule has 0 N–H and O–H groups in total. The largest absolute Gasteiger partial charge is 0.550 e. The highest BCUT2D eigenvalue weighted by Crippen LogP contribution is 2.01. The molecule has 0 saturated carbocycles. The lowest BCUT2D eigenvalue weighted by atomic mass is 10.1. The Balaban J connectivity index is 0. The number of carboxylic acid groups (broad SMARTS) is 1. The zero-order valence-electron chi connectivity index (χ0n) is 7.87. The SMILES string of the molecule is CC(C)CCC(=O)[O-].CSCS. The number of carbonyl (C=O) groups excluding carboxylic acids is 1. The molecule has 0 bridgehead atoms. The van der Waals surface area contributed by atoms with Crippen LogP contribution in [-0.2, 0) is 4.79 Å². The number of carboxylic acids is 1. The van der Waals surface area contributed by atoms with Gasteiger partial charge in [0.2, 0.25) is 0 Å². The summed E-state index contributed by atoms with van der Waals surface area (Å²) in [6.07, 6.45) is 2.94. The van der Waals surface area contributed by atoms with Crippen LogP contribution in [-0.4, -0.2) is 17.3 Å². The average Bonchev–Trinajstić information content (AvgIpc) is 2.01. The summed E-state index contributed by atoms with van der Waals surface area (Å²) in [4.78, 5) is 9.79. The van der Waals surface area contributed by atoms with Gasteiger partial charge in [0.05, 0.1) is 0 Å². The molecule has 0 atom stereocenters. The molecular weight excluding hydrogens is 192 g/mol. The van der Waals surface area contributed by atoms with Crippen LogP contribution in [0.25, 0.3) is 0 Å². The first-order valence-corrected chi connectivity index (χ1v) is 5.86. The molecule has 0 amide bonds. The molecule has 0 aromatic heterocycles. The third-order valence-electron chi connectivity index (χ3n) is 1.05. The van der Waals surface area contributed by atoms with Crippen LogP contribution in [0.4, 0.5) is 0 Å². The maximum atomic E-state index is 9.79. The standard InChI is InChI=1S/C6H12O2.C2H6S2/c1-5(2)3-4-6(7)8;1-4-2-3/h5H,3-4H2,1-2H3,(H,7,8);3H,2H2,1H3/p-1. The highest BCUT2D eigenvalue weighted by Gasteiger charge is 1.91. The molecule has 0 rings (SSSR count). The maximum Gasteiger partial charge on any atom is 0.0414 e. The normalized spacial score (nSPS) is 9.08. The van der Waals surface area contributed by atoms with E-state index in [1.54, 1.807) is 11.8 Å². The van der Waals surface area contributed by atoms with Crippen molar-refractivity contribution in [1.82, 2.24) is 0 Å². The predicted molar refractivity (Wildman–Crippen MR) is 56.4 cm³/mol. The fourth-order valence-corrected chi connectivity index (χ4v) is 0.407. The molecule has 0 heterocycles.